The summed E-state index contributed by atoms with van der Waals surface area (Å²) in [7, 11) is 0. The Balaban J connectivity index is 2.34. The summed E-state index contributed by atoms with van der Waals surface area (Å²) >= 11 is 0. The average molecular weight is 249 g/mol. The van der Waals surface area contributed by atoms with Crippen LogP contribution in [0.15, 0.2) is 18.3 Å². The van der Waals surface area contributed by atoms with E-state index < -0.39 is 11.8 Å². The van der Waals surface area contributed by atoms with Crippen LogP contribution >= 0.6 is 0 Å². The second-order valence-corrected chi connectivity index (χ2v) is 3.64. The molecule has 0 bridgehead atoms. The number of nitrogens with zero attached hydrogens (tertiary/aromatic N) is 2. The first kappa shape index (κ1) is 12.2. The van der Waals surface area contributed by atoms with E-state index in [4.69, 9.17) is 4.74 Å². The van der Waals surface area contributed by atoms with Crippen LogP contribution in [0.3, 0.4) is 0 Å². The number of carbonyl (C=O) groups is 1. The van der Waals surface area contributed by atoms with Gasteiger partial charge in [0.2, 0.25) is 0 Å². The summed E-state index contributed by atoms with van der Waals surface area (Å²) in [4.78, 5) is 22.5. The van der Waals surface area contributed by atoms with Crippen LogP contribution in [0.1, 0.15) is 23.1 Å². The molecule has 6 heteroatoms. The number of nitrogens with one attached hydrogen (secondary N) is 1. The maximum atomic E-state index is 12.7. The Kier molecular flexibility index (Phi) is 3.36. The highest BCUT2D eigenvalue weighted by Gasteiger charge is 2.17. The van der Waals surface area contributed by atoms with Crippen molar-refractivity contribution in [2.75, 3.05) is 6.61 Å². The van der Waals surface area contributed by atoms with E-state index in [0.717, 1.165) is 6.20 Å². The lowest BCUT2D eigenvalue weighted by Crippen LogP contribution is -2.06. The van der Waals surface area contributed by atoms with E-state index in [0.29, 0.717) is 17.2 Å². The summed E-state index contributed by atoms with van der Waals surface area (Å²) < 4.78 is 17.6. The third-order valence-electron chi connectivity index (χ3n) is 2.32. The summed E-state index contributed by atoms with van der Waals surface area (Å²) in [5, 5.41) is 0. The number of halogens is 1. The molecule has 0 saturated carbocycles. The summed E-state index contributed by atoms with van der Waals surface area (Å²) in [6.45, 7) is 3.73. The maximum Gasteiger partial charge on any atom is 0.358 e. The molecule has 2 aromatic rings. The number of esters is 1. The van der Waals surface area contributed by atoms with Gasteiger partial charge in [-0.25, -0.2) is 19.2 Å². The molecule has 0 amide bonds. The minimum absolute atomic E-state index is 0.220. The number of aryl methyl sites for hydroxylation is 1. The van der Waals surface area contributed by atoms with E-state index in [1.54, 1.807) is 13.8 Å². The average Bonchev–Trinajstić information content (AvgIpc) is 2.72. The van der Waals surface area contributed by atoms with Crippen molar-refractivity contribution in [2.24, 2.45) is 0 Å². The molecule has 0 aliphatic heterocycles. The van der Waals surface area contributed by atoms with Crippen LogP contribution in [0.4, 0.5) is 4.39 Å². The fourth-order valence-corrected chi connectivity index (χ4v) is 1.50. The van der Waals surface area contributed by atoms with E-state index in [1.807, 2.05) is 0 Å². The highest BCUT2D eigenvalue weighted by molar-refractivity contribution is 5.89. The zero-order chi connectivity index (χ0) is 13.1. The maximum absolute atomic E-state index is 12.7. The summed E-state index contributed by atoms with van der Waals surface area (Å²) in [5.41, 5.74) is 1.28. The lowest BCUT2D eigenvalue weighted by molar-refractivity contribution is 0.0519. The second-order valence-electron chi connectivity index (χ2n) is 3.64. The molecule has 0 aromatic carbocycles. The molecular weight excluding hydrogens is 237 g/mol. The molecule has 0 spiro atoms. The van der Waals surface area contributed by atoms with Gasteiger partial charge < -0.3 is 9.72 Å². The Morgan fingerprint density at radius 1 is 1.50 bits per heavy atom. The van der Waals surface area contributed by atoms with Crippen LogP contribution in [-0.4, -0.2) is 27.5 Å². The normalized spacial score (nSPS) is 10.4. The molecule has 2 aromatic heterocycles. The highest BCUT2D eigenvalue weighted by atomic mass is 19.1. The zero-order valence-corrected chi connectivity index (χ0v) is 10.0. The Bertz CT molecular complexity index is 563. The number of aromatic amines is 1. The summed E-state index contributed by atoms with van der Waals surface area (Å²) in [5.74, 6) is -0.497. The molecule has 0 aliphatic carbocycles. The van der Waals surface area contributed by atoms with Crippen molar-refractivity contribution in [3.05, 3.63) is 35.5 Å². The van der Waals surface area contributed by atoms with Crippen LogP contribution in [0.2, 0.25) is 0 Å². The van der Waals surface area contributed by atoms with Crippen molar-refractivity contribution in [1.29, 1.82) is 0 Å². The third kappa shape index (κ3) is 2.37. The number of carbonyl (C=O) groups excluding carboxylic acids is 1. The lowest BCUT2D eigenvalue weighted by atomic mass is 10.3. The SMILES string of the molecule is CCOC(=O)c1nc(-c2ccc(F)cn2)[nH]c1C. The fourth-order valence-electron chi connectivity index (χ4n) is 1.50. The number of aromatic nitrogens is 3. The third-order valence-corrected chi connectivity index (χ3v) is 2.32. The standard InChI is InChI=1S/C12H12FN3O2/c1-3-18-12(17)10-7(2)15-11(16-10)9-5-4-8(13)6-14-9/h4-6H,3H2,1-2H3,(H,15,16). The largest absolute Gasteiger partial charge is 0.461 e. The number of imidazole rings is 1. The van der Waals surface area contributed by atoms with Crippen molar-refractivity contribution >= 4 is 5.97 Å². The molecule has 5 nitrogen and oxygen atoms in total. The van der Waals surface area contributed by atoms with Crippen LogP contribution in [0, 0.1) is 12.7 Å². The first-order valence-corrected chi connectivity index (χ1v) is 5.47. The number of hydrogen-bond acceptors (Lipinski definition) is 4. The molecule has 0 saturated heterocycles. The molecular formula is C12H12FN3O2. The monoisotopic (exact) mass is 249 g/mol. The van der Waals surface area contributed by atoms with Crippen molar-refractivity contribution < 1.29 is 13.9 Å². The van der Waals surface area contributed by atoms with Crippen LogP contribution in [0.25, 0.3) is 11.5 Å². The lowest BCUT2D eigenvalue weighted by Gasteiger charge is -1.97. The van der Waals surface area contributed by atoms with Gasteiger partial charge in [-0.2, -0.15) is 0 Å². The van der Waals surface area contributed by atoms with Crippen molar-refractivity contribution in [3.8, 4) is 11.5 Å². The van der Waals surface area contributed by atoms with Gasteiger partial charge in [0.05, 0.1) is 12.8 Å². The van der Waals surface area contributed by atoms with Crippen LogP contribution in [0.5, 0.6) is 0 Å². The van der Waals surface area contributed by atoms with Gasteiger partial charge in [0, 0.05) is 5.69 Å². The van der Waals surface area contributed by atoms with Crippen LogP contribution < -0.4 is 0 Å². The molecule has 2 rings (SSSR count). The second kappa shape index (κ2) is 4.95. The van der Waals surface area contributed by atoms with E-state index in [1.165, 1.54) is 12.1 Å². The van der Waals surface area contributed by atoms with Gasteiger partial charge in [0.15, 0.2) is 11.5 Å². The molecule has 0 fully saturated rings. The minimum atomic E-state index is -0.486. The van der Waals surface area contributed by atoms with Crippen molar-refractivity contribution in [3.63, 3.8) is 0 Å². The molecule has 0 atom stereocenters. The van der Waals surface area contributed by atoms with E-state index in [2.05, 4.69) is 15.0 Å². The molecule has 94 valence electrons. The Morgan fingerprint density at radius 2 is 2.28 bits per heavy atom. The van der Waals surface area contributed by atoms with Crippen molar-refractivity contribution in [1.82, 2.24) is 15.0 Å². The molecule has 0 unspecified atom stereocenters. The van der Waals surface area contributed by atoms with Gasteiger partial charge in [0.1, 0.15) is 11.5 Å². The number of H-pyrrole nitrogens is 1. The topological polar surface area (TPSA) is 67.9 Å². The van der Waals surface area contributed by atoms with Gasteiger partial charge in [-0.05, 0) is 26.0 Å². The van der Waals surface area contributed by atoms with Gasteiger partial charge in [0.25, 0.3) is 0 Å². The van der Waals surface area contributed by atoms with E-state index in [9.17, 15) is 9.18 Å². The molecule has 0 radical (unpaired) electrons. The number of rotatable bonds is 3. The first-order chi connectivity index (χ1) is 8.61. The summed E-state index contributed by atoms with van der Waals surface area (Å²) in [6.07, 6.45) is 1.09. The number of ether oxygens (including phenoxy) is 1. The van der Waals surface area contributed by atoms with Gasteiger partial charge in [-0.3, -0.25) is 0 Å². The van der Waals surface area contributed by atoms with Gasteiger partial charge in [-0.15, -0.1) is 0 Å². The van der Waals surface area contributed by atoms with Gasteiger partial charge >= 0.3 is 5.97 Å². The van der Waals surface area contributed by atoms with Crippen molar-refractivity contribution in [2.45, 2.75) is 13.8 Å². The predicted octanol–water partition coefficient (Wildman–Crippen LogP) is 2.10. The van der Waals surface area contributed by atoms with E-state index in [-0.39, 0.29) is 12.3 Å². The highest BCUT2D eigenvalue weighted by Crippen LogP contribution is 2.16. The molecule has 1 N–H and O–H groups in total. The minimum Gasteiger partial charge on any atom is -0.461 e. The summed E-state index contributed by atoms with van der Waals surface area (Å²) in [6, 6.07) is 2.77. The van der Waals surface area contributed by atoms with Gasteiger partial charge in [-0.1, -0.05) is 0 Å². The number of pyridine rings is 1. The Labute approximate surface area is 103 Å². The predicted molar refractivity (Wildman–Crippen MR) is 62.5 cm³/mol. The Morgan fingerprint density at radius 3 is 2.89 bits per heavy atom. The van der Waals surface area contributed by atoms with Crippen LogP contribution in [-0.2, 0) is 4.74 Å². The molecule has 18 heavy (non-hydrogen) atoms. The molecule has 0 aliphatic rings. The zero-order valence-electron chi connectivity index (χ0n) is 10.0. The fraction of sp³-hybridized carbons (Fsp3) is 0.250. The smallest absolute Gasteiger partial charge is 0.358 e. The first-order valence-electron chi connectivity index (χ1n) is 5.47. The molecule has 2 heterocycles. The Hall–Kier alpha value is -2.24. The quantitative estimate of drug-likeness (QED) is 0.846. The number of hydrogen-bond donors (Lipinski definition) is 1. The van der Waals surface area contributed by atoms with E-state index >= 15 is 0 Å².